The number of aliphatic hydroxyl groups excluding tert-OH is 2. The van der Waals surface area contributed by atoms with E-state index in [2.05, 4.69) is 4.74 Å². The van der Waals surface area contributed by atoms with E-state index in [0.29, 0.717) is 18.2 Å². The number of aromatic carboxylic acids is 1. The van der Waals surface area contributed by atoms with Gasteiger partial charge in [0, 0.05) is 0 Å². The van der Waals surface area contributed by atoms with Crippen LogP contribution in [0.4, 0.5) is 13.2 Å². The molecule has 0 aliphatic carbocycles. The average molecular weight is 308 g/mol. The van der Waals surface area contributed by atoms with E-state index in [9.17, 15) is 33.0 Å². The minimum absolute atomic E-state index is 0.310. The van der Waals surface area contributed by atoms with E-state index in [1.54, 1.807) is 0 Å². The number of aliphatic hydroxyl groups is 2. The van der Waals surface area contributed by atoms with Gasteiger partial charge in [-0.3, -0.25) is 0 Å². The number of rotatable bonds is 4. The van der Waals surface area contributed by atoms with Crippen LogP contribution in [0.5, 0.6) is 0 Å². The van der Waals surface area contributed by atoms with E-state index in [1.165, 1.54) is 0 Å². The van der Waals surface area contributed by atoms with Crippen molar-refractivity contribution in [3.8, 4) is 0 Å². The summed E-state index contributed by atoms with van der Waals surface area (Å²) in [5.41, 5.74) is -2.64. The van der Waals surface area contributed by atoms with Gasteiger partial charge < -0.3 is 20.1 Å². The minimum Gasteiger partial charge on any atom is -0.478 e. The molecule has 3 N–H and O–H groups in total. The Morgan fingerprint density at radius 3 is 2.24 bits per heavy atom. The third-order valence-electron chi connectivity index (χ3n) is 2.67. The number of alkyl halides is 3. The Bertz CT molecular complexity index is 554. The van der Waals surface area contributed by atoms with Gasteiger partial charge in [-0.1, -0.05) is 6.07 Å². The number of hydrogen-bond donors (Lipinski definition) is 3. The Kier molecular flexibility index (Phi) is 4.92. The second-order valence-electron chi connectivity index (χ2n) is 4.02. The highest BCUT2D eigenvalue weighted by Crippen LogP contribution is 2.32. The van der Waals surface area contributed by atoms with Crippen molar-refractivity contribution in [1.29, 1.82) is 0 Å². The lowest BCUT2D eigenvalue weighted by Gasteiger charge is -2.19. The zero-order valence-electron chi connectivity index (χ0n) is 10.6. The number of halogens is 3. The first-order valence-corrected chi connectivity index (χ1v) is 5.48. The fourth-order valence-electron chi connectivity index (χ4n) is 1.60. The molecule has 0 heterocycles. The molecule has 0 radical (unpaired) electrons. The van der Waals surface area contributed by atoms with Crippen molar-refractivity contribution in [1.82, 2.24) is 0 Å². The molecule has 1 aromatic carbocycles. The first-order chi connectivity index (χ1) is 9.59. The number of hydrogen-bond acceptors (Lipinski definition) is 5. The largest absolute Gasteiger partial charge is 0.478 e. The molecule has 9 heteroatoms. The zero-order chi connectivity index (χ0) is 16.4. The van der Waals surface area contributed by atoms with Crippen LogP contribution in [0.1, 0.15) is 27.6 Å². The quantitative estimate of drug-likeness (QED) is 0.716. The van der Waals surface area contributed by atoms with Crippen molar-refractivity contribution in [3.05, 3.63) is 34.9 Å². The third kappa shape index (κ3) is 3.70. The summed E-state index contributed by atoms with van der Waals surface area (Å²) >= 11 is 0. The molecule has 1 rings (SSSR count). The van der Waals surface area contributed by atoms with Crippen molar-refractivity contribution < 1.29 is 42.8 Å². The Labute approximate surface area is 116 Å². The average Bonchev–Trinajstić information content (AvgIpc) is 2.43. The number of carbonyl (C=O) groups excluding carboxylic acids is 1. The summed E-state index contributed by atoms with van der Waals surface area (Å²) in [7, 11) is 0.920. The molecule has 0 aliphatic rings. The van der Waals surface area contributed by atoms with E-state index in [4.69, 9.17) is 5.11 Å². The summed E-state index contributed by atoms with van der Waals surface area (Å²) in [6.07, 6.45) is -8.93. The van der Waals surface area contributed by atoms with Gasteiger partial charge in [0.1, 0.15) is 6.10 Å². The van der Waals surface area contributed by atoms with Crippen LogP contribution >= 0.6 is 0 Å². The summed E-state index contributed by atoms with van der Waals surface area (Å²) in [5, 5.41) is 28.1. The third-order valence-corrected chi connectivity index (χ3v) is 2.67. The van der Waals surface area contributed by atoms with Gasteiger partial charge in [-0.05, 0) is 17.7 Å². The van der Waals surface area contributed by atoms with Crippen LogP contribution in [-0.4, -0.2) is 40.5 Å². The maximum absolute atomic E-state index is 12.5. The van der Waals surface area contributed by atoms with E-state index < -0.39 is 47.0 Å². The van der Waals surface area contributed by atoms with Gasteiger partial charge in [0.2, 0.25) is 0 Å². The number of carbonyl (C=O) groups is 2. The topological polar surface area (TPSA) is 104 Å². The molecular formula is C12H11F3O6. The van der Waals surface area contributed by atoms with Gasteiger partial charge in [0.15, 0.2) is 6.10 Å². The van der Waals surface area contributed by atoms with Gasteiger partial charge in [-0.15, -0.1) is 0 Å². The minimum atomic E-state index is -4.77. The maximum atomic E-state index is 12.5. The molecule has 21 heavy (non-hydrogen) atoms. The van der Waals surface area contributed by atoms with E-state index >= 15 is 0 Å². The predicted octanol–water partition coefficient (Wildman–Crippen LogP) is 0.971. The molecule has 0 fully saturated rings. The first kappa shape index (κ1) is 16.9. The van der Waals surface area contributed by atoms with Gasteiger partial charge in [0.05, 0.1) is 18.2 Å². The Morgan fingerprint density at radius 2 is 1.81 bits per heavy atom. The molecule has 0 bridgehead atoms. The number of ether oxygens (including phenoxy) is 1. The molecule has 0 saturated carbocycles. The number of carboxylic acids is 1. The second-order valence-corrected chi connectivity index (χ2v) is 4.02. The lowest BCUT2D eigenvalue weighted by atomic mass is 9.96. The van der Waals surface area contributed by atoms with Gasteiger partial charge in [-0.2, -0.15) is 13.2 Å². The highest BCUT2D eigenvalue weighted by Gasteiger charge is 2.34. The Balaban J connectivity index is 3.30. The van der Waals surface area contributed by atoms with Gasteiger partial charge in [-0.25, -0.2) is 9.59 Å². The van der Waals surface area contributed by atoms with Crippen molar-refractivity contribution in [2.24, 2.45) is 0 Å². The Hall–Kier alpha value is -2.13. The molecule has 6 nitrogen and oxygen atoms in total. The molecule has 0 saturated heterocycles. The number of methoxy groups -OCH3 is 1. The zero-order valence-corrected chi connectivity index (χ0v) is 10.6. The van der Waals surface area contributed by atoms with Crippen molar-refractivity contribution in [2.45, 2.75) is 18.4 Å². The summed E-state index contributed by atoms with van der Waals surface area (Å²) in [5.74, 6) is -2.99. The van der Waals surface area contributed by atoms with Crippen molar-refractivity contribution in [3.63, 3.8) is 0 Å². The summed E-state index contributed by atoms with van der Waals surface area (Å²) in [6, 6.07) is 1.53. The van der Waals surface area contributed by atoms with Gasteiger partial charge in [0.25, 0.3) is 0 Å². The summed E-state index contributed by atoms with van der Waals surface area (Å²) < 4.78 is 41.7. The molecule has 0 aromatic heterocycles. The maximum Gasteiger partial charge on any atom is 0.416 e. The summed E-state index contributed by atoms with van der Waals surface area (Å²) in [4.78, 5) is 22.1. The van der Waals surface area contributed by atoms with Crippen molar-refractivity contribution >= 4 is 11.9 Å². The highest BCUT2D eigenvalue weighted by atomic mass is 19.4. The molecule has 0 amide bonds. The fourth-order valence-corrected chi connectivity index (χ4v) is 1.60. The second kappa shape index (κ2) is 6.10. The molecular weight excluding hydrogens is 297 g/mol. The lowest BCUT2D eigenvalue weighted by molar-refractivity contribution is -0.157. The molecule has 116 valence electrons. The number of carboxylic acid groups (broad SMARTS) is 1. The Morgan fingerprint density at radius 1 is 1.24 bits per heavy atom. The van der Waals surface area contributed by atoms with Crippen molar-refractivity contribution in [2.75, 3.05) is 7.11 Å². The monoisotopic (exact) mass is 308 g/mol. The number of esters is 1. The summed E-state index contributed by atoms with van der Waals surface area (Å²) in [6.45, 7) is 0. The highest BCUT2D eigenvalue weighted by molar-refractivity contribution is 5.90. The fraction of sp³-hybridized carbons (Fsp3) is 0.333. The van der Waals surface area contributed by atoms with Gasteiger partial charge >= 0.3 is 18.1 Å². The molecule has 2 atom stereocenters. The molecule has 0 spiro atoms. The van der Waals surface area contributed by atoms with Crippen LogP contribution in [0, 0.1) is 0 Å². The lowest BCUT2D eigenvalue weighted by Crippen LogP contribution is -2.30. The van der Waals surface area contributed by atoms with Crippen LogP contribution in [0.25, 0.3) is 0 Å². The predicted molar refractivity (Wildman–Crippen MR) is 61.4 cm³/mol. The normalized spacial score (nSPS) is 14.4. The first-order valence-electron chi connectivity index (χ1n) is 5.48. The number of benzene rings is 1. The van der Waals surface area contributed by atoms with Crippen LogP contribution < -0.4 is 0 Å². The van der Waals surface area contributed by atoms with E-state index in [-0.39, 0.29) is 0 Å². The van der Waals surface area contributed by atoms with Crippen LogP contribution in [0.15, 0.2) is 18.2 Å². The van der Waals surface area contributed by atoms with Crippen LogP contribution in [0.2, 0.25) is 0 Å². The molecule has 0 aliphatic heterocycles. The standard InChI is InChI=1S/C12H11F3O6/c1-21-11(20)9(17)8(16)6-3-2-5(12(13,14)15)4-7(6)10(18)19/h2-4,8-9,16-17H,1H3,(H,18,19). The molecule has 1 aromatic rings. The van der Waals surface area contributed by atoms with Crippen LogP contribution in [0.3, 0.4) is 0 Å². The SMILES string of the molecule is COC(=O)C(O)C(O)c1ccc(C(F)(F)F)cc1C(=O)O. The molecule has 2 unspecified atom stereocenters. The van der Waals surface area contributed by atoms with Crippen LogP contribution in [-0.2, 0) is 15.7 Å². The van der Waals surface area contributed by atoms with E-state index in [1.807, 2.05) is 0 Å². The smallest absolute Gasteiger partial charge is 0.416 e. The van der Waals surface area contributed by atoms with E-state index in [0.717, 1.165) is 7.11 Å².